The van der Waals surface area contributed by atoms with E-state index in [1.54, 1.807) is 0 Å². The fourth-order valence-corrected chi connectivity index (χ4v) is 1.07. The van der Waals surface area contributed by atoms with Gasteiger partial charge in [0.05, 0.1) is 17.2 Å². The molecule has 0 N–H and O–H groups in total. The molecule has 0 unspecified atom stereocenters. The summed E-state index contributed by atoms with van der Waals surface area (Å²) >= 11 is 0.144. The van der Waals surface area contributed by atoms with E-state index in [2.05, 4.69) is 24.6 Å². The van der Waals surface area contributed by atoms with Crippen LogP contribution in [0.4, 0.5) is 8.41 Å². The van der Waals surface area contributed by atoms with E-state index in [0.717, 1.165) is 0 Å². The first kappa shape index (κ1) is 14.9. The number of halogens is 2. The van der Waals surface area contributed by atoms with E-state index in [1.165, 1.54) is 0 Å². The van der Waals surface area contributed by atoms with E-state index in [1.807, 2.05) is 0 Å². The Kier molecular flexibility index (Phi) is 6.84. The van der Waals surface area contributed by atoms with Crippen LogP contribution in [0.15, 0.2) is 10.3 Å². The van der Waals surface area contributed by atoms with Crippen LogP contribution in [0.25, 0.3) is 0 Å². The van der Waals surface area contributed by atoms with Crippen LogP contribution >= 0.6 is 12.0 Å². The average molecular weight is 271 g/mol. The summed E-state index contributed by atoms with van der Waals surface area (Å²) in [5.41, 5.74) is 0. The summed E-state index contributed by atoms with van der Waals surface area (Å²) in [6, 6.07) is 0. The maximum atomic E-state index is 12.1. The summed E-state index contributed by atoms with van der Waals surface area (Å²) in [6.45, 7) is 0. The normalized spacial score (nSPS) is 11.0. The molecule has 0 atom stereocenters. The van der Waals surface area contributed by atoms with Crippen LogP contribution in [0.2, 0.25) is 0 Å². The van der Waals surface area contributed by atoms with Crippen molar-refractivity contribution in [1.82, 2.24) is 15.2 Å². The first-order valence-electron chi connectivity index (χ1n) is 2.48. The fourth-order valence-electron chi connectivity index (χ4n) is 0.394. The molecule has 0 saturated carbocycles. The number of rotatable bonds is 4. The Bertz CT molecular complexity index is 382. The third kappa shape index (κ3) is 4.58. The third-order valence-corrected chi connectivity index (χ3v) is 1.82. The van der Waals surface area contributed by atoms with Gasteiger partial charge in [-0.1, -0.05) is 3.89 Å². The molecule has 0 saturated heterocycles. The van der Waals surface area contributed by atoms with Crippen molar-refractivity contribution in [3.05, 3.63) is 0 Å². The van der Waals surface area contributed by atoms with Gasteiger partial charge >= 0.3 is 61.6 Å². The van der Waals surface area contributed by atoms with Crippen molar-refractivity contribution >= 4 is 22.3 Å². The molecule has 0 fully saturated rings. The molecular formula is C2F2KN3O4S2. The van der Waals surface area contributed by atoms with E-state index in [4.69, 9.17) is 0 Å². The van der Waals surface area contributed by atoms with Crippen LogP contribution in [0, 0.1) is 0 Å². The first-order chi connectivity index (χ1) is 6.04. The molecule has 0 spiro atoms. The monoisotopic (exact) mass is 271 g/mol. The molecule has 0 bridgehead atoms. The van der Waals surface area contributed by atoms with Gasteiger partial charge in [0.2, 0.25) is 0 Å². The van der Waals surface area contributed by atoms with Crippen LogP contribution in [-0.4, -0.2) is 18.6 Å². The summed E-state index contributed by atoms with van der Waals surface area (Å²) in [5.74, 6) is 0. The van der Waals surface area contributed by atoms with Gasteiger partial charge in [0.1, 0.15) is 5.16 Å². The Labute approximate surface area is 124 Å². The summed E-state index contributed by atoms with van der Waals surface area (Å²) in [7, 11) is -5.00. The van der Waals surface area contributed by atoms with Gasteiger partial charge in [-0.25, -0.2) is 0 Å². The van der Waals surface area contributed by atoms with Gasteiger partial charge in [-0.05, 0) is 9.62 Å². The Balaban J connectivity index is 0.00000169. The van der Waals surface area contributed by atoms with Crippen LogP contribution in [0.1, 0.15) is 0 Å². The van der Waals surface area contributed by atoms with Crippen molar-refractivity contribution in [2.45, 2.75) is 10.3 Å². The second-order valence-corrected chi connectivity index (χ2v) is 3.44. The molecule has 0 aromatic carbocycles. The van der Waals surface area contributed by atoms with E-state index >= 15 is 0 Å². The molecule has 1 aromatic rings. The molecule has 7 nitrogen and oxygen atoms in total. The van der Waals surface area contributed by atoms with Gasteiger partial charge in [0.15, 0.2) is 0 Å². The van der Waals surface area contributed by atoms with Gasteiger partial charge in [0.25, 0.3) is 0 Å². The van der Waals surface area contributed by atoms with Gasteiger partial charge < -0.3 is 15.2 Å². The second kappa shape index (κ2) is 6.44. The maximum Gasteiger partial charge on any atom is 1.00 e. The zero-order chi connectivity index (χ0) is 9.90. The van der Waals surface area contributed by atoms with Gasteiger partial charge in [-0.2, -0.15) is 8.42 Å². The van der Waals surface area contributed by atoms with Gasteiger partial charge in [0, 0.05) is 0 Å². The topological polar surface area (TPSA) is 92.5 Å². The largest absolute Gasteiger partial charge is 1.00 e. The molecule has 0 aliphatic heterocycles. The number of aromatic nitrogens is 3. The van der Waals surface area contributed by atoms with Crippen molar-refractivity contribution in [2.75, 3.05) is 0 Å². The minimum absolute atomic E-state index is 0. The molecule has 1 rings (SSSR count). The smallest absolute Gasteiger partial charge is 0.339 e. The van der Waals surface area contributed by atoms with Crippen LogP contribution in [0.3, 0.4) is 0 Å². The molecule has 0 aliphatic carbocycles. The minimum Gasteiger partial charge on any atom is -0.339 e. The minimum atomic E-state index is -5.00. The SMILES string of the molecule is O=S(=O)(F)c1nnc(SOOF)[n-]1.[K+]. The first-order valence-corrected chi connectivity index (χ1v) is 4.60. The van der Waals surface area contributed by atoms with Crippen molar-refractivity contribution in [1.29, 1.82) is 0 Å². The Morgan fingerprint density at radius 2 is 2.07 bits per heavy atom. The van der Waals surface area contributed by atoms with E-state index in [9.17, 15) is 16.8 Å². The Hall–Kier alpha value is 0.856. The second-order valence-electron chi connectivity index (χ2n) is 1.53. The summed E-state index contributed by atoms with van der Waals surface area (Å²) < 4.78 is 46.9. The molecule has 0 amide bonds. The molecule has 0 aliphatic rings. The summed E-state index contributed by atoms with van der Waals surface area (Å²) in [5, 5.41) is 7.01. The predicted octanol–water partition coefficient (Wildman–Crippen LogP) is -3.06. The number of hydrogen-bond donors (Lipinski definition) is 0. The fraction of sp³-hybridized carbons (Fsp3) is 0. The van der Waals surface area contributed by atoms with Crippen molar-refractivity contribution in [3.8, 4) is 0 Å². The molecule has 1 aromatic heterocycles. The average Bonchev–Trinajstić information content (AvgIpc) is 2.47. The predicted molar refractivity (Wildman–Crippen MR) is 32.8 cm³/mol. The molecule has 0 radical (unpaired) electrons. The van der Waals surface area contributed by atoms with E-state index in [-0.39, 0.29) is 63.4 Å². The van der Waals surface area contributed by atoms with Crippen LogP contribution in [-0.2, 0) is 19.6 Å². The Morgan fingerprint density at radius 3 is 2.50 bits per heavy atom. The molecule has 1 heterocycles. The van der Waals surface area contributed by atoms with Crippen molar-refractivity contribution < 1.29 is 77.6 Å². The zero-order valence-electron chi connectivity index (χ0n) is 6.55. The van der Waals surface area contributed by atoms with Crippen molar-refractivity contribution in [2.24, 2.45) is 0 Å². The third-order valence-electron chi connectivity index (χ3n) is 0.765. The van der Waals surface area contributed by atoms with Crippen LogP contribution < -0.4 is 56.4 Å². The van der Waals surface area contributed by atoms with Gasteiger partial charge in [-0.15, -0.1) is 4.33 Å². The van der Waals surface area contributed by atoms with Crippen molar-refractivity contribution in [3.63, 3.8) is 0 Å². The van der Waals surface area contributed by atoms with Gasteiger partial charge in [-0.3, -0.25) is 0 Å². The Morgan fingerprint density at radius 1 is 1.43 bits per heavy atom. The molecule has 12 heteroatoms. The zero-order valence-corrected chi connectivity index (χ0v) is 11.3. The summed E-state index contributed by atoms with van der Waals surface area (Å²) in [4.78, 5) is 3.03. The number of nitrogens with zero attached hydrogens (tertiary/aromatic N) is 3. The van der Waals surface area contributed by atoms with E-state index in [0.29, 0.717) is 0 Å². The molecular weight excluding hydrogens is 271 g/mol. The van der Waals surface area contributed by atoms with Crippen LogP contribution in [0.5, 0.6) is 0 Å². The standard InChI is InChI=1S/C2F2N3O4S2.K/c3-10-11-12-1-5-2(7-6-1)13(4,8)9;/q-1;+1. The molecule has 74 valence electrons. The quantitative estimate of drug-likeness (QED) is 0.187. The van der Waals surface area contributed by atoms with E-state index < -0.39 is 20.5 Å². The number of hydrogen-bond acceptors (Lipinski definition) is 7. The maximum absolute atomic E-state index is 12.1. The molecule has 14 heavy (non-hydrogen) atoms. The summed E-state index contributed by atoms with van der Waals surface area (Å²) in [6.07, 6.45) is 0.